The Morgan fingerprint density at radius 1 is 1.11 bits per heavy atom. The van der Waals surface area contributed by atoms with Gasteiger partial charge in [0.15, 0.2) is 5.82 Å². The zero-order valence-electron chi connectivity index (χ0n) is 20.1. The maximum atomic E-state index is 10.4. The van der Waals surface area contributed by atoms with Crippen molar-refractivity contribution in [2.24, 2.45) is 0 Å². The zero-order valence-corrected chi connectivity index (χ0v) is 22.4. The maximum absolute atomic E-state index is 10.4. The van der Waals surface area contributed by atoms with E-state index < -0.39 is 6.10 Å². The summed E-state index contributed by atoms with van der Waals surface area (Å²) in [5.74, 6) is 3.12. The number of hydrogen-bond acceptors (Lipinski definition) is 7. The van der Waals surface area contributed by atoms with Gasteiger partial charge in [-0.1, -0.05) is 44.5 Å². The first kappa shape index (κ1) is 27.6. The summed E-state index contributed by atoms with van der Waals surface area (Å²) in [6.07, 6.45) is 1.75. The van der Waals surface area contributed by atoms with Crippen LogP contribution in [0.25, 0.3) is 0 Å². The minimum atomic E-state index is -0.509. The third-order valence-corrected chi connectivity index (χ3v) is 6.93. The molecule has 2 aromatic heterocycles. The predicted molar refractivity (Wildman–Crippen MR) is 142 cm³/mol. The Bertz CT molecular complexity index is 1140. The van der Waals surface area contributed by atoms with Gasteiger partial charge in [0.1, 0.15) is 18.0 Å². The number of aliphatic hydroxyl groups is 1. The molecule has 0 saturated carbocycles. The Morgan fingerprint density at radius 3 is 2.57 bits per heavy atom. The van der Waals surface area contributed by atoms with Crippen LogP contribution >= 0.6 is 36.4 Å². The monoisotopic (exact) mass is 539 g/mol. The van der Waals surface area contributed by atoms with Gasteiger partial charge in [-0.3, -0.25) is 0 Å². The lowest BCUT2D eigenvalue weighted by Crippen LogP contribution is -2.37. The second-order valence-corrected chi connectivity index (χ2v) is 9.80. The van der Waals surface area contributed by atoms with Crippen molar-refractivity contribution in [3.63, 3.8) is 0 Å². The molecule has 2 aliphatic rings. The third-order valence-electron chi connectivity index (χ3n) is 6.67. The minimum absolute atomic E-state index is 0. The van der Waals surface area contributed by atoms with Gasteiger partial charge < -0.3 is 19.9 Å². The second kappa shape index (κ2) is 11.4. The van der Waals surface area contributed by atoms with Gasteiger partial charge >= 0.3 is 0 Å². The minimum Gasteiger partial charge on any atom is -0.387 e. The number of nitrogens with one attached hydrogen (secondary N) is 1. The molecule has 8 nitrogen and oxygen atoms in total. The van der Waals surface area contributed by atoms with E-state index >= 15 is 0 Å². The summed E-state index contributed by atoms with van der Waals surface area (Å²) in [5, 5.41) is 23.9. The Morgan fingerprint density at radius 2 is 1.86 bits per heavy atom. The van der Waals surface area contributed by atoms with Crippen LogP contribution in [0, 0.1) is 0 Å². The second-order valence-electron chi connectivity index (χ2n) is 9.36. The smallest absolute Gasteiger partial charge is 0.152 e. The van der Waals surface area contributed by atoms with Crippen molar-refractivity contribution >= 4 is 42.2 Å². The summed E-state index contributed by atoms with van der Waals surface area (Å²) in [6, 6.07) is 8.38. The van der Waals surface area contributed by atoms with Gasteiger partial charge in [-0.05, 0) is 30.0 Å². The van der Waals surface area contributed by atoms with E-state index in [9.17, 15) is 5.11 Å². The molecule has 1 aromatic carbocycles. The molecule has 3 atom stereocenters. The van der Waals surface area contributed by atoms with E-state index in [1.807, 2.05) is 12.1 Å². The molecule has 1 unspecified atom stereocenters. The van der Waals surface area contributed by atoms with E-state index in [0.717, 1.165) is 53.4 Å². The van der Waals surface area contributed by atoms with Crippen molar-refractivity contribution in [1.82, 2.24) is 30.0 Å². The first-order chi connectivity index (χ1) is 15.9. The Hall–Kier alpha value is -1.97. The standard InChI is InChI=1S/C24H30ClN7O.2ClH/c1-14(2)26-11-18(16-4-6-17(25)7-5-16)23-30-29-20-12-31(8-9-32(20)23)24-21-15(3)10-19(33)22(21)27-13-28-24;;/h4-7,13-15,18-19,26,33H,8-12H2,1-3H3;2*1H/t15-,18?,19-;;/m1../s1. The highest BCUT2D eigenvalue weighted by Gasteiger charge is 2.34. The van der Waals surface area contributed by atoms with E-state index in [1.165, 1.54) is 5.56 Å². The molecule has 11 heteroatoms. The van der Waals surface area contributed by atoms with E-state index in [-0.39, 0.29) is 36.6 Å². The molecule has 1 aliphatic heterocycles. The van der Waals surface area contributed by atoms with Crippen LogP contribution in [-0.2, 0) is 13.1 Å². The average Bonchev–Trinajstić information content (AvgIpc) is 3.35. The number of halogens is 3. The van der Waals surface area contributed by atoms with Crippen LogP contribution in [0.15, 0.2) is 30.6 Å². The fourth-order valence-corrected chi connectivity index (χ4v) is 5.11. The summed E-state index contributed by atoms with van der Waals surface area (Å²) in [7, 11) is 0. The third kappa shape index (κ3) is 5.42. The Kier molecular flexibility index (Phi) is 8.99. The van der Waals surface area contributed by atoms with Crippen LogP contribution in [0.1, 0.15) is 73.6 Å². The number of aliphatic hydroxyl groups excluding tert-OH is 1. The number of hydrogen-bond donors (Lipinski definition) is 2. The molecule has 0 radical (unpaired) electrons. The molecule has 1 aliphatic carbocycles. The number of aromatic nitrogens is 5. The highest BCUT2D eigenvalue weighted by atomic mass is 35.5. The average molecular weight is 541 g/mol. The quantitative estimate of drug-likeness (QED) is 0.483. The van der Waals surface area contributed by atoms with Crippen molar-refractivity contribution in [1.29, 1.82) is 0 Å². The van der Waals surface area contributed by atoms with Gasteiger partial charge in [0.25, 0.3) is 0 Å². The molecule has 0 fully saturated rings. The van der Waals surface area contributed by atoms with Crippen LogP contribution in [0.4, 0.5) is 5.82 Å². The molecule has 3 aromatic rings. The maximum Gasteiger partial charge on any atom is 0.152 e. The van der Waals surface area contributed by atoms with Gasteiger partial charge in [-0.25, -0.2) is 9.97 Å². The molecule has 0 amide bonds. The highest BCUT2D eigenvalue weighted by molar-refractivity contribution is 6.30. The highest BCUT2D eigenvalue weighted by Crippen LogP contribution is 2.43. The molecule has 0 bridgehead atoms. The van der Waals surface area contributed by atoms with Crippen LogP contribution in [0.3, 0.4) is 0 Å². The molecule has 0 saturated heterocycles. The van der Waals surface area contributed by atoms with Crippen LogP contribution in [0.2, 0.25) is 5.02 Å². The molecule has 5 rings (SSSR count). The van der Waals surface area contributed by atoms with Crippen LogP contribution in [-0.4, -0.2) is 49.0 Å². The van der Waals surface area contributed by atoms with Crippen molar-refractivity contribution in [3.8, 4) is 0 Å². The number of benzene rings is 1. The fraction of sp³-hybridized carbons (Fsp3) is 0.500. The topological polar surface area (TPSA) is 92.0 Å². The number of anilines is 1. The molecule has 3 heterocycles. The first-order valence-corrected chi connectivity index (χ1v) is 12.0. The molecule has 190 valence electrons. The van der Waals surface area contributed by atoms with Gasteiger partial charge in [-0.2, -0.15) is 0 Å². The van der Waals surface area contributed by atoms with E-state index in [2.05, 4.69) is 67.9 Å². The van der Waals surface area contributed by atoms with Crippen molar-refractivity contribution < 1.29 is 5.11 Å². The molecular formula is C24H32Cl3N7O. The largest absolute Gasteiger partial charge is 0.387 e. The predicted octanol–water partition coefficient (Wildman–Crippen LogP) is 4.26. The number of nitrogens with zero attached hydrogens (tertiary/aromatic N) is 6. The summed E-state index contributed by atoms with van der Waals surface area (Å²) in [4.78, 5) is 11.2. The van der Waals surface area contributed by atoms with Gasteiger partial charge in [-0.15, -0.1) is 35.0 Å². The molecule has 0 spiro atoms. The lowest BCUT2D eigenvalue weighted by atomic mass is 9.97. The number of fused-ring (bicyclic) bond motifs is 2. The van der Waals surface area contributed by atoms with E-state index in [0.29, 0.717) is 19.0 Å². The summed E-state index contributed by atoms with van der Waals surface area (Å²) in [5.41, 5.74) is 3.00. The summed E-state index contributed by atoms with van der Waals surface area (Å²) < 4.78 is 2.25. The lowest BCUT2D eigenvalue weighted by molar-refractivity contribution is 0.170. The SMILES string of the molecule is CC(C)NCC(c1ccc(Cl)cc1)c1nnc2n1CCN(c1ncnc3c1[C@H](C)C[C@H]3O)C2.Cl.Cl. The number of rotatable bonds is 6. The fourth-order valence-electron chi connectivity index (χ4n) is 4.98. The molecular weight excluding hydrogens is 509 g/mol. The first-order valence-electron chi connectivity index (χ1n) is 11.6. The van der Waals surface area contributed by atoms with Crippen molar-refractivity contribution in [2.75, 3.05) is 18.0 Å². The zero-order chi connectivity index (χ0) is 23.1. The summed E-state index contributed by atoms with van der Waals surface area (Å²) in [6.45, 7) is 9.40. The Balaban J connectivity index is 0.00000171. The van der Waals surface area contributed by atoms with E-state index in [1.54, 1.807) is 6.33 Å². The van der Waals surface area contributed by atoms with Gasteiger partial charge in [0.05, 0.1) is 24.3 Å². The molecule has 2 N–H and O–H groups in total. The molecule has 35 heavy (non-hydrogen) atoms. The summed E-state index contributed by atoms with van der Waals surface area (Å²) >= 11 is 6.14. The van der Waals surface area contributed by atoms with Crippen molar-refractivity contribution in [2.45, 2.75) is 64.3 Å². The van der Waals surface area contributed by atoms with Crippen LogP contribution < -0.4 is 10.2 Å². The van der Waals surface area contributed by atoms with Crippen LogP contribution in [0.5, 0.6) is 0 Å². The van der Waals surface area contributed by atoms with Gasteiger partial charge in [0.2, 0.25) is 0 Å². The Labute approximate surface area is 223 Å². The normalized spacial score (nSPS) is 19.5. The lowest BCUT2D eigenvalue weighted by Gasteiger charge is -2.31. The van der Waals surface area contributed by atoms with Gasteiger partial charge in [0, 0.05) is 36.3 Å². The van der Waals surface area contributed by atoms with Crippen molar-refractivity contribution in [3.05, 3.63) is 64.1 Å². The van der Waals surface area contributed by atoms with E-state index in [4.69, 9.17) is 11.6 Å².